The fourth-order valence-electron chi connectivity index (χ4n) is 1.77. The summed E-state index contributed by atoms with van der Waals surface area (Å²) in [6, 6.07) is 1.72. The SMILES string of the molecule is CCCn1cc(Cl)cc1C(=O)NCCCNCC. The third-order valence-corrected chi connectivity index (χ3v) is 2.83. The molecule has 0 saturated carbocycles. The van der Waals surface area contributed by atoms with Crippen LogP contribution in [0.1, 0.15) is 37.2 Å². The second-order valence-electron chi connectivity index (χ2n) is 4.20. The molecule has 0 fully saturated rings. The van der Waals surface area contributed by atoms with Gasteiger partial charge in [0.15, 0.2) is 0 Å². The predicted molar refractivity (Wildman–Crippen MR) is 75.2 cm³/mol. The molecule has 0 aliphatic carbocycles. The van der Waals surface area contributed by atoms with Crippen LogP contribution in [0, 0.1) is 0 Å². The van der Waals surface area contributed by atoms with E-state index in [0.29, 0.717) is 17.3 Å². The van der Waals surface area contributed by atoms with Gasteiger partial charge in [0, 0.05) is 19.3 Å². The maximum Gasteiger partial charge on any atom is 0.267 e. The maximum atomic E-state index is 12.0. The van der Waals surface area contributed by atoms with Crippen LogP contribution in [-0.4, -0.2) is 30.1 Å². The van der Waals surface area contributed by atoms with Crippen molar-refractivity contribution in [3.05, 3.63) is 23.0 Å². The van der Waals surface area contributed by atoms with E-state index in [-0.39, 0.29) is 5.91 Å². The van der Waals surface area contributed by atoms with E-state index in [1.165, 1.54) is 0 Å². The van der Waals surface area contributed by atoms with E-state index < -0.39 is 0 Å². The van der Waals surface area contributed by atoms with E-state index in [4.69, 9.17) is 11.6 Å². The maximum absolute atomic E-state index is 12.0. The van der Waals surface area contributed by atoms with E-state index in [0.717, 1.165) is 32.5 Å². The molecule has 0 aromatic carbocycles. The lowest BCUT2D eigenvalue weighted by atomic mass is 10.3. The quantitative estimate of drug-likeness (QED) is 0.713. The number of carbonyl (C=O) groups excluding carboxylic acids is 1. The molecule has 0 spiro atoms. The first-order valence-electron chi connectivity index (χ1n) is 6.53. The van der Waals surface area contributed by atoms with Gasteiger partial charge in [0.05, 0.1) is 5.02 Å². The lowest BCUT2D eigenvalue weighted by molar-refractivity contribution is 0.0944. The molecule has 0 radical (unpaired) electrons. The van der Waals surface area contributed by atoms with Crippen molar-refractivity contribution in [1.29, 1.82) is 0 Å². The van der Waals surface area contributed by atoms with Crippen LogP contribution in [0.25, 0.3) is 0 Å². The number of rotatable bonds is 8. The summed E-state index contributed by atoms with van der Waals surface area (Å²) in [5, 5.41) is 6.74. The van der Waals surface area contributed by atoms with Crippen molar-refractivity contribution < 1.29 is 4.79 Å². The minimum atomic E-state index is -0.0492. The summed E-state index contributed by atoms with van der Waals surface area (Å²) in [7, 11) is 0. The minimum absolute atomic E-state index is 0.0492. The number of halogens is 1. The molecule has 18 heavy (non-hydrogen) atoms. The van der Waals surface area contributed by atoms with Crippen LogP contribution < -0.4 is 10.6 Å². The Labute approximate surface area is 114 Å². The molecule has 0 saturated heterocycles. The van der Waals surface area contributed by atoms with Crippen molar-refractivity contribution in [2.75, 3.05) is 19.6 Å². The summed E-state index contributed by atoms with van der Waals surface area (Å²) in [6.45, 7) is 7.52. The molecule has 1 aromatic heterocycles. The van der Waals surface area contributed by atoms with Gasteiger partial charge in [-0.15, -0.1) is 0 Å². The Morgan fingerprint density at radius 3 is 2.83 bits per heavy atom. The molecule has 1 rings (SSSR count). The monoisotopic (exact) mass is 271 g/mol. The van der Waals surface area contributed by atoms with Crippen molar-refractivity contribution >= 4 is 17.5 Å². The first-order chi connectivity index (χ1) is 8.69. The Hall–Kier alpha value is -1.00. The zero-order valence-corrected chi connectivity index (χ0v) is 11.9. The number of nitrogens with zero attached hydrogens (tertiary/aromatic N) is 1. The van der Waals surface area contributed by atoms with E-state index in [1.807, 2.05) is 4.57 Å². The number of hydrogen-bond donors (Lipinski definition) is 2. The number of amides is 1. The summed E-state index contributed by atoms with van der Waals surface area (Å²) in [5.74, 6) is -0.0492. The van der Waals surface area contributed by atoms with Gasteiger partial charge in [0.2, 0.25) is 0 Å². The van der Waals surface area contributed by atoms with Crippen molar-refractivity contribution in [3.63, 3.8) is 0 Å². The van der Waals surface area contributed by atoms with Gasteiger partial charge in [0.25, 0.3) is 5.91 Å². The molecule has 0 bridgehead atoms. The van der Waals surface area contributed by atoms with Crippen molar-refractivity contribution in [2.24, 2.45) is 0 Å². The predicted octanol–water partition coefficient (Wildman–Crippen LogP) is 2.28. The van der Waals surface area contributed by atoms with Gasteiger partial charge in [-0.3, -0.25) is 4.79 Å². The molecule has 4 nitrogen and oxygen atoms in total. The molecule has 102 valence electrons. The largest absolute Gasteiger partial charge is 0.351 e. The lowest BCUT2D eigenvalue weighted by Gasteiger charge is -2.08. The highest BCUT2D eigenvalue weighted by atomic mass is 35.5. The number of aromatic nitrogens is 1. The summed E-state index contributed by atoms with van der Waals surface area (Å²) in [6.07, 6.45) is 3.71. The molecule has 0 atom stereocenters. The van der Waals surface area contributed by atoms with E-state index in [2.05, 4.69) is 24.5 Å². The highest BCUT2D eigenvalue weighted by Crippen LogP contribution is 2.14. The molecule has 0 aliphatic rings. The third-order valence-electron chi connectivity index (χ3n) is 2.63. The second-order valence-corrected chi connectivity index (χ2v) is 4.64. The summed E-state index contributed by atoms with van der Waals surface area (Å²) in [5.41, 5.74) is 0.644. The van der Waals surface area contributed by atoms with Gasteiger partial charge in [-0.25, -0.2) is 0 Å². The number of hydrogen-bond acceptors (Lipinski definition) is 2. The zero-order valence-electron chi connectivity index (χ0n) is 11.1. The average molecular weight is 272 g/mol. The smallest absolute Gasteiger partial charge is 0.267 e. The fraction of sp³-hybridized carbons (Fsp3) is 0.615. The number of aryl methyl sites for hydroxylation is 1. The van der Waals surface area contributed by atoms with E-state index >= 15 is 0 Å². The van der Waals surface area contributed by atoms with E-state index in [1.54, 1.807) is 12.3 Å². The highest BCUT2D eigenvalue weighted by molar-refractivity contribution is 6.31. The highest BCUT2D eigenvalue weighted by Gasteiger charge is 2.11. The third kappa shape index (κ3) is 4.70. The van der Waals surface area contributed by atoms with Crippen LogP contribution in [0.5, 0.6) is 0 Å². The molecule has 1 aromatic rings. The Morgan fingerprint density at radius 1 is 1.39 bits per heavy atom. The summed E-state index contributed by atoms with van der Waals surface area (Å²) >= 11 is 5.94. The van der Waals surface area contributed by atoms with Crippen molar-refractivity contribution in [2.45, 2.75) is 33.2 Å². The van der Waals surface area contributed by atoms with Gasteiger partial charge in [-0.05, 0) is 32.0 Å². The molecule has 1 heterocycles. The normalized spacial score (nSPS) is 10.6. The number of nitrogens with one attached hydrogen (secondary N) is 2. The van der Waals surface area contributed by atoms with Crippen LogP contribution in [0.3, 0.4) is 0 Å². The van der Waals surface area contributed by atoms with Crippen molar-refractivity contribution in [3.8, 4) is 0 Å². The lowest BCUT2D eigenvalue weighted by Crippen LogP contribution is -2.28. The summed E-state index contributed by atoms with van der Waals surface area (Å²) in [4.78, 5) is 12.0. The first kappa shape index (κ1) is 15.1. The molecular formula is C13H22ClN3O. The topological polar surface area (TPSA) is 46.1 Å². The van der Waals surface area contributed by atoms with Crippen molar-refractivity contribution in [1.82, 2.24) is 15.2 Å². The Balaban J connectivity index is 2.45. The minimum Gasteiger partial charge on any atom is -0.351 e. The van der Waals surface area contributed by atoms with Crippen LogP contribution in [0.2, 0.25) is 5.02 Å². The van der Waals surface area contributed by atoms with Crippen LogP contribution in [0.15, 0.2) is 12.3 Å². The second kappa shape index (κ2) is 8.16. The van der Waals surface area contributed by atoms with Crippen LogP contribution in [0.4, 0.5) is 0 Å². The number of carbonyl (C=O) groups is 1. The zero-order chi connectivity index (χ0) is 13.4. The van der Waals surface area contributed by atoms with Gasteiger partial charge in [0.1, 0.15) is 5.69 Å². The first-order valence-corrected chi connectivity index (χ1v) is 6.91. The molecule has 2 N–H and O–H groups in total. The molecule has 5 heteroatoms. The Morgan fingerprint density at radius 2 is 2.17 bits per heavy atom. The van der Waals surface area contributed by atoms with Gasteiger partial charge in [-0.1, -0.05) is 25.4 Å². The summed E-state index contributed by atoms with van der Waals surface area (Å²) < 4.78 is 1.90. The molecule has 0 aliphatic heterocycles. The van der Waals surface area contributed by atoms with E-state index in [9.17, 15) is 4.79 Å². The van der Waals surface area contributed by atoms with Crippen LogP contribution >= 0.6 is 11.6 Å². The van der Waals surface area contributed by atoms with Gasteiger partial charge in [-0.2, -0.15) is 0 Å². The van der Waals surface area contributed by atoms with Crippen LogP contribution in [-0.2, 0) is 6.54 Å². The average Bonchev–Trinajstić information content (AvgIpc) is 2.70. The molecule has 1 amide bonds. The standard InChI is InChI=1S/C13H22ClN3O/c1-3-8-17-10-11(14)9-12(17)13(18)16-7-5-6-15-4-2/h9-10,15H,3-8H2,1-2H3,(H,16,18). The van der Waals surface area contributed by atoms with Gasteiger partial charge < -0.3 is 15.2 Å². The Kier molecular flexibility index (Phi) is 6.83. The molecule has 0 unspecified atom stereocenters. The fourth-order valence-corrected chi connectivity index (χ4v) is 1.99. The van der Waals surface area contributed by atoms with Gasteiger partial charge >= 0.3 is 0 Å². The Bertz CT molecular complexity index is 376. The molecular weight excluding hydrogens is 250 g/mol.